The molecule has 0 aliphatic heterocycles. The highest BCUT2D eigenvalue weighted by atomic mass is 127. The monoisotopic (exact) mass is 600 g/mol. The molecule has 2 aliphatic carbocycles. The fraction of sp³-hybridized carbons (Fsp3) is 0.615. The van der Waals surface area contributed by atoms with Crippen LogP contribution in [0.2, 0.25) is 0 Å². The maximum absolute atomic E-state index is 13.4. The number of methoxy groups -OCH3 is 1. The Balaban J connectivity index is 1.83. The second-order valence-corrected chi connectivity index (χ2v) is 10.4. The van der Waals surface area contributed by atoms with Crippen LogP contribution in [0.25, 0.3) is 0 Å². The zero-order chi connectivity index (χ0) is 25.2. The molecule has 1 aromatic rings. The van der Waals surface area contributed by atoms with Gasteiger partial charge in [-0.15, -0.1) is 0 Å². The van der Waals surface area contributed by atoms with Crippen molar-refractivity contribution < 1.29 is 29.3 Å². The van der Waals surface area contributed by atoms with Crippen LogP contribution in [0.3, 0.4) is 0 Å². The van der Waals surface area contributed by atoms with E-state index in [1.165, 1.54) is 25.7 Å². The Morgan fingerprint density at radius 1 is 1.23 bits per heavy atom. The van der Waals surface area contributed by atoms with Crippen molar-refractivity contribution in [2.75, 3.05) is 33.4 Å². The molecule has 0 heterocycles. The number of para-hydroxylation sites is 1. The van der Waals surface area contributed by atoms with E-state index in [0.717, 1.165) is 9.99 Å². The molecule has 1 saturated carbocycles. The first-order valence-electron chi connectivity index (χ1n) is 12.4. The lowest BCUT2D eigenvalue weighted by atomic mass is 9.87. The van der Waals surface area contributed by atoms with Crippen LogP contribution in [0.1, 0.15) is 44.9 Å². The third-order valence-corrected chi connectivity index (χ3v) is 7.70. The second kappa shape index (κ2) is 14.2. The number of rotatable bonds is 12. The molecule has 0 bridgehead atoms. The summed E-state index contributed by atoms with van der Waals surface area (Å²) in [5.74, 6) is 0.802. The normalized spacial score (nSPS) is 22.5. The molecule has 1 aromatic carbocycles. The number of amides is 2. The highest BCUT2D eigenvalue weighted by Gasteiger charge is 2.40. The number of nitrogens with one attached hydrogen (secondary N) is 1. The molecule has 8 nitrogen and oxygen atoms in total. The summed E-state index contributed by atoms with van der Waals surface area (Å²) < 4.78 is 12.3. The minimum atomic E-state index is -1.02. The van der Waals surface area contributed by atoms with Gasteiger partial charge in [0, 0.05) is 38.6 Å². The molecule has 2 aliphatic rings. The van der Waals surface area contributed by atoms with Crippen molar-refractivity contribution in [1.82, 2.24) is 10.2 Å². The summed E-state index contributed by atoms with van der Waals surface area (Å²) in [6.07, 6.45) is 6.03. The lowest BCUT2D eigenvalue weighted by molar-refractivity contribution is -0.139. The van der Waals surface area contributed by atoms with Crippen molar-refractivity contribution in [3.8, 4) is 5.75 Å². The highest BCUT2D eigenvalue weighted by molar-refractivity contribution is 14.1. The Kier molecular flexibility index (Phi) is 11.3. The molecule has 2 amide bonds. The van der Waals surface area contributed by atoms with Gasteiger partial charge in [0.05, 0.1) is 22.8 Å². The first kappa shape index (κ1) is 27.9. The maximum Gasteiger partial charge on any atom is 0.247 e. The van der Waals surface area contributed by atoms with Gasteiger partial charge in [-0.25, -0.2) is 0 Å². The van der Waals surface area contributed by atoms with Gasteiger partial charge < -0.3 is 29.9 Å². The zero-order valence-corrected chi connectivity index (χ0v) is 22.5. The zero-order valence-electron chi connectivity index (χ0n) is 20.3. The van der Waals surface area contributed by atoms with Crippen molar-refractivity contribution in [3.63, 3.8) is 0 Å². The van der Waals surface area contributed by atoms with Crippen LogP contribution in [-0.2, 0) is 14.3 Å². The fourth-order valence-electron chi connectivity index (χ4n) is 4.90. The Morgan fingerprint density at radius 3 is 2.66 bits per heavy atom. The first-order valence-corrected chi connectivity index (χ1v) is 13.5. The Hall–Kier alpha value is -1.69. The molecule has 0 aromatic heterocycles. The quantitative estimate of drug-likeness (QED) is 0.319. The summed E-state index contributed by atoms with van der Waals surface area (Å²) >= 11 is 2.16. The van der Waals surface area contributed by atoms with E-state index in [2.05, 4.69) is 27.9 Å². The van der Waals surface area contributed by atoms with Gasteiger partial charge >= 0.3 is 0 Å². The third kappa shape index (κ3) is 7.90. The minimum Gasteiger partial charge on any atom is -0.482 e. The van der Waals surface area contributed by atoms with Crippen LogP contribution in [0, 0.1) is 9.49 Å². The molecule has 0 radical (unpaired) electrons. The van der Waals surface area contributed by atoms with E-state index < -0.39 is 18.2 Å². The lowest BCUT2D eigenvalue weighted by Gasteiger charge is -2.40. The predicted molar refractivity (Wildman–Crippen MR) is 141 cm³/mol. The Morgan fingerprint density at radius 2 is 1.97 bits per heavy atom. The number of benzene rings is 1. The van der Waals surface area contributed by atoms with Gasteiger partial charge in [-0.3, -0.25) is 9.59 Å². The van der Waals surface area contributed by atoms with Gasteiger partial charge in [0.25, 0.3) is 0 Å². The number of hydrogen-bond acceptors (Lipinski definition) is 6. The summed E-state index contributed by atoms with van der Waals surface area (Å²) in [6.45, 7) is 0.602. The predicted octanol–water partition coefficient (Wildman–Crippen LogP) is 2.65. The van der Waals surface area contributed by atoms with Crippen molar-refractivity contribution in [1.29, 1.82) is 0 Å². The third-order valence-electron chi connectivity index (χ3n) is 6.81. The number of halogens is 1. The largest absolute Gasteiger partial charge is 0.482 e. The SMILES string of the molecule is COCCN(C(=O)CCC1CCCC1)[C@@H]1CC(C(=O)NCCO)=C[C@H](Oc2ccccc2I)[C@H]1O. The molecule has 3 N–H and O–H groups in total. The summed E-state index contributed by atoms with van der Waals surface area (Å²) in [5.41, 5.74) is 0.427. The first-order chi connectivity index (χ1) is 16.9. The molecule has 194 valence electrons. The number of ether oxygens (including phenoxy) is 2. The number of hydrogen-bond donors (Lipinski definition) is 3. The van der Waals surface area contributed by atoms with Crippen LogP contribution in [0.4, 0.5) is 0 Å². The molecule has 0 saturated heterocycles. The molecule has 35 heavy (non-hydrogen) atoms. The van der Waals surface area contributed by atoms with Gasteiger partial charge in [-0.2, -0.15) is 0 Å². The van der Waals surface area contributed by atoms with Crippen LogP contribution in [-0.4, -0.2) is 78.6 Å². The number of aliphatic hydroxyl groups is 2. The Bertz CT molecular complexity index is 873. The summed E-state index contributed by atoms with van der Waals surface area (Å²) in [5, 5.41) is 23.2. The molecule has 3 atom stereocenters. The molecule has 0 spiro atoms. The fourth-order valence-corrected chi connectivity index (χ4v) is 5.42. The standard InChI is InChI=1S/C26H37IN2O6/c1-34-15-13-29(24(31)11-10-18-6-2-3-7-18)21-16-19(26(33)28-12-14-30)17-23(25(21)32)35-22-9-5-4-8-20(22)27/h4-5,8-9,17-18,21,23,25,30,32H,2-3,6-7,10-16H2,1H3,(H,28,33)/t21-,23+,25+/m1/s1. The maximum atomic E-state index is 13.4. The van der Waals surface area contributed by atoms with Crippen LogP contribution >= 0.6 is 22.6 Å². The van der Waals surface area contributed by atoms with E-state index in [0.29, 0.717) is 36.8 Å². The van der Waals surface area contributed by atoms with Gasteiger partial charge in [-0.05, 0) is 53.1 Å². The Labute approximate surface area is 221 Å². The topological polar surface area (TPSA) is 108 Å². The highest BCUT2D eigenvalue weighted by Crippen LogP contribution is 2.32. The summed E-state index contributed by atoms with van der Waals surface area (Å²) in [7, 11) is 1.58. The van der Waals surface area contributed by atoms with Gasteiger partial charge in [0.15, 0.2) is 0 Å². The van der Waals surface area contributed by atoms with Crippen molar-refractivity contribution >= 4 is 34.4 Å². The lowest BCUT2D eigenvalue weighted by Crippen LogP contribution is -2.55. The molecular weight excluding hydrogens is 563 g/mol. The van der Waals surface area contributed by atoms with E-state index in [4.69, 9.17) is 14.6 Å². The summed E-state index contributed by atoms with van der Waals surface area (Å²) in [6, 6.07) is 6.83. The van der Waals surface area contributed by atoms with E-state index >= 15 is 0 Å². The molecule has 0 unspecified atom stereocenters. The van der Waals surface area contributed by atoms with Crippen LogP contribution in [0.15, 0.2) is 35.9 Å². The molecule has 9 heteroatoms. The van der Waals surface area contributed by atoms with E-state index in [1.54, 1.807) is 18.1 Å². The molecular formula is C26H37IN2O6. The van der Waals surface area contributed by atoms with E-state index in [-0.39, 0.29) is 31.4 Å². The van der Waals surface area contributed by atoms with Crippen LogP contribution < -0.4 is 10.1 Å². The van der Waals surface area contributed by atoms with Gasteiger partial charge in [0.2, 0.25) is 11.8 Å². The molecule has 1 fully saturated rings. The van der Waals surface area contributed by atoms with Crippen molar-refractivity contribution in [3.05, 3.63) is 39.5 Å². The van der Waals surface area contributed by atoms with Crippen molar-refractivity contribution in [2.24, 2.45) is 5.92 Å². The van der Waals surface area contributed by atoms with E-state index in [1.807, 2.05) is 24.3 Å². The number of nitrogens with zero attached hydrogens (tertiary/aromatic N) is 1. The number of carbonyl (C=O) groups is 2. The second-order valence-electron chi connectivity index (χ2n) is 9.22. The van der Waals surface area contributed by atoms with Gasteiger partial charge in [-0.1, -0.05) is 37.8 Å². The average molecular weight is 600 g/mol. The average Bonchev–Trinajstić information content (AvgIpc) is 3.38. The van der Waals surface area contributed by atoms with Crippen LogP contribution in [0.5, 0.6) is 5.75 Å². The molecule has 3 rings (SSSR count). The number of carbonyl (C=O) groups excluding carboxylic acids is 2. The van der Waals surface area contributed by atoms with E-state index in [9.17, 15) is 14.7 Å². The minimum absolute atomic E-state index is 0.0388. The summed E-state index contributed by atoms with van der Waals surface area (Å²) in [4.78, 5) is 27.9. The van der Waals surface area contributed by atoms with Gasteiger partial charge in [0.1, 0.15) is 18.0 Å². The number of aliphatic hydroxyl groups excluding tert-OH is 2. The van der Waals surface area contributed by atoms with Crippen molar-refractivity contribution in [2.45, 2.75) is 63.2 Å². The smallest absolute Gasteiger partial charge is 0.247 e.